The number of halogens is 2. The smallest absolute Gasteiger partial charge is 0.304 e. The summed E-state index contributed by atoms with van der Waals surface area (Å²) in [6.45, 7) is 12.8. The van der Waals surface area contributed by atoms with E-state index in [1.165, 1.54) is 6.92 Å². The van der Waals surface area contributed by atoms with Crippen molar-refractivity contribution in [3.05, 3.63) is 0 Å². The molecule has 0 rings (SSSR count). The van der Waals surface area contributed by atoms with E-state index in [-0.39, 0.29) is 41.4 Å². The first kappa shape index (κ1) is 29.1. The molecule has 10 heteroatoms. The van der Waals surface area contributed by atoms with Crippen LogP contribution in [0.25, 0.3) is 0 Å². The molecule has 29 heavy (non-hydrogen) atoms. The highest BCUT2D eigenvalue weighted by Gasteiger charge is 2.56. The molecule has 0 bridgehead atoms. The van der Waals surface area contributed by atoms with Gasteiger partial charge in [0.2, 0.25) is 0 Å². The van der Waals surface area contributed by atoms with Gasteiger partial charge in [0.1, 0.15) is 0 Å². The molecule has 0 aromatic carbocycles. The van der Waals surface area contributed by atoms with Crippen molar-refractivity contribution in [3.63, 3.8) is 0 Å². The van der Waals surface area contributed by atoms with Gasteiger partial charge in [0, 0.05) is 28.3 Å². The highest BCUT2D eigenvalue weighted by atomic mass is 32.2. The van der Waals surface area contributed by atoms with Crippen LogP contribution in [0.3, 0.4) is 0 Å². The van der Waals surface area contributed by atoms with Gasteiger partial charge < -0.3 is 9.05 Å². The van der Waals surface area contributed by atoms with Crippen molar-refractivity contribution in [2.24, 2.45) is 16.7 Å². The van der Waals surface area contributed by atoms with Gasteiger partial charge in [-0.1, -0.05) is 78.9 Å². The summed E-state index contributed by atoms with van der Waals surface area (Å²) in [5.74, 6) is -1.02. The molecule has 0 fully saturated rings. The van der Waals surface area contributed by atoms with Crippen molar-refractivity contribution >= 4 is 41.4 Å². The number of rotatable bonds is 11. The minimum atomic E-state index is -4.78. The van der Waals surface area contributed by atoms with Crippen LogP contribution >= 0.6 is 31.1 Å². The van der Waals surface area contributed by atoms with Gasteiger partial charge in [-0.2, -0.15) is 8.78 Å². The first-order chi connectivity index (χ1) is 13.0. The van der Waals surface area contributed by atoms with Gasteiger partial charge in [-0.3, -0.25) is 14.2 Å². The van der Waals surface area contributed by atoms with Gasteiger partial charge in [0.25, 0.3) is 0 Å². The number of thioether (sulfide) groups is 2. The van der Waals surface area contributed by atoms with Crippen LogP contribution in [0.1, 0.15) is 61.8 Å². The Morgan fingerprint density at radius 1 is 0.897 bits per heavy atom. The summed E-state index contributed by atoms with van der Waals surface area (Å²) in [5.41, 5.74) is -4.80. The standard InChI is InChI=1S/C19H35F2O5PS2/c1-9-14(2)19(20,21)27(24,25-10-12-28-15(22)17(3,4)5)26-11-13-29-16(23)18(6,7)8/h14H,9-13H2,1-8H3. The third kappa shape index (κ3) is 9.38. The van der Waals surface area contributed by atoms with E-state index in [1.54, 1.807) is 48.5 Å². The Kier molecular flexibility index (Phi) is 11.6. The summed E-state index contributed by atoms with van der Waals surface area (Å²) in [5, 5.41) is -0.217. The Morgan fingerprint density at radius 2 is 1.24 bits per heavy atom. The highest BCUT2D eigenvalue weighted by Crippen LogP contribution is 2.65. The van der Waals surface area contributed by atoms with E-state index in [1.807, 2.05) is 0 Å². The molecule has 0 amide bonds. The van der Waals surface area contributed by atoms with Crippen molar-refractivity contribution in [2.45, 2.75) is 67.5 Å². The van der Waals surface area contributed by atoms with Crippen LogP contribution in [-0.4, -0.2) is 40.6 Å². The Labute approximate surface area is 182 Å². The van der Waals surface area contributed by atoms with Crippen molar-refractivity contribution < 1.29 is 32.0 Å². The molecule has 0 saturated carbocycles. The van der Waals surface area contributed by atoms with E-state index in [0.717, 1.165) is 23.5 Å². The van der Waals surface area contributed by atoms with Crippen LogP contribution in [0, 0.1) is 16.7 Å². The number of carbonyl (C=O) groups is 2. The Balaban J connectivity index is 4.99. The molecule has 0 aromatic heterocycles. The Bertz CT molecular complexity index is 562. The molecule has 1 atom stereocenters. The average Bonchev–Trinajstić information content (AvgIpc) is 2.59. The van der Waals surface area contributed by atoms with Gasteiger partial charge in [0.05, 0.1) is 13.2 Å². The zero-order valence-corrected chi connectivity index (χ0v) is 21.2. The monoisotopic (exact) mass is 476 g/mol. The lowest BCUT2D eigenvalue weighted by Crippen LogP contribution is -2.29. The van der Waals surface area contributed by atoms with Crippen LogP contribution in [0.15, 0.2) is 0 Å². The molecule has 0 aromatic rings. The van der Waals surface area contributed by atoms with E-state index in [4.69, 9.17) is 9.05 Å². The van der Waals surface area contributed by atoms with Crippen molar-refractivity contribution in [1.29, 1.82) is 0 Å². The molecule has 0 aliphatic heterocycles. The van der Waals surface area contributed by atoms with Crippen LogP contribution in [-0.2, 0) is 23.2 Å². The lowest BCUT2D eigenvalue weighted by atomic mass is 9.99. The van der Waals surface area contributed by atoms with E-state index in [9.17, 15) is 22.9 Å². The molecule has 0 aliphatic rings. The number of hydrogen-bond donors (Lipinski definition) is 0. The molecule has 172 valence electrons. The molecule has 1 unspecified atom stereocenters. The largest absolute Gasteiger partial charge is 0.399 e. The predicted octanol–water partition coefficient (Wildman–Crippen LogP) is 6.46. The second-order valence-electron chi connectivity index (χ2n) is 8.83. The quantitative estimate of drug-likeness (QED) is 0.250. The minimum absolute atomic E-state index is 0.0945. The maximum atomic E-state index is 14.8. The van der Waals surface area contributed by atoms with E-state index in [0.29, 0.717) is 0 Å². The van der Waals surface area contributed by atoms with E-state index in [2.05, 4.69) is 0 Å². The third-order valence-corrected chi connectivity index (χ3v) is 8.66. The second kappa shape index (κ2) is 11.6. The average molecular weight is 477 g/mol. The van der Waals surface area contributed by atoms with Gasteiger partial charge in [-0.15, -0.1) is 0 Å². The summed E-state index contributed by atoms with van der Waals surface area (Å²) >= 11 is 1.90. The second-order valence-corrected chi connectivity index (χ2v) is 13.1. The fraction of sp³-hybridized carbons (Fsp3) is 0.895. The van der Waals surface area contributed by atoms with Gasteiger partial charge in [-0.25, -0.2) is 0 Å². The lowest BCUT2D eigenvalue weighted by Gasteiger charge is -2.30. The first-order valence-electron chi connectivity index (χ1n) is 9.60. The highest BCUT2D eigenvalue weighted by molar-refractivity contribution is 8.14. The van der Waals surface area contributed by atoms with Gasteiger partial charge >= 0.3 is 13.3 Å². The normalized spacial score (nSPS) is 14.7. The fourth-order valence-electron chi connectivity index (χ4n) is 1.74. The van der Waals surface area contributed by atoms with Crippen molar-refractivity contribution in [1.82, 2.24) is 0 Å². The Hall–Kier alpha value is 0.0500. The molecule has 0 heterocycles. The predicted molar refractivity (Wildman–Crippen MR) is 118 cm³/mol. The minimum Gasteiger partial charge on any atom is -0.304 e. The number of carbonyl (C=O) groups excluding carboxylic acids is 2. The topological polar surface area (TPSA) is 69.7 Å². The van der Waals surface area contributed by atoms with E-state index < -0.39 is 30.0 Å². The zero-order valence-electron chi connectivity index (χ0n) is 18.7. The SMILES string of the molecule is CCC(C)C(F)(F)P(=O)(OCCSC(=O)C(C)(C)C)OCCSC(=O)C(C)(C)C. The number of hydrogen-bond acceptors (Lipinski definition) is 7. The third-order valence-electron chi connectivity index (χ3n) is 3.95. The van der Waals surface area contributed by atoms with Gasteiger partial charge in [0.15, 0.2) is 10.2 Å². The molecule has 0 radical (unpaired) electrons. The van der Waals surface area contributed by atoms with Crippen LogP contribution in [0.5, 0.6) is 0 Å². The van der Waals surface area contributed by atoms with Crippen LogP contribution < -0.4 is 0 Å². The Morgan fingerprint density at radius 3 is 1.52 bits per heavy atom. The molecule has 0 aliphatic carbocycles. The summed E-state index contributed by atoms with van der Waals surface area (Å²) < 4.78 is 52.6. The first-order valence-corrected chi connectivity index (χ1v) is 13.1. The zero-order chi connectivity index (χ0) is 23.1. The molecule has 0 spiro atoms. The molecule has 0 saturated heterocycles. The molecule has 5 nitrogen and oxygen atoms in total. The maximum Gasteiger partial charge on any atom is 0.399 e. The van der Waals surface area contributed by atoms with Crippen molar-refractivity contribution in [2.75, 3.05) is 24.7 Å². The molecular formula is C19H35F2O5PS2. The molecule has 0 N–H and O–H groups in total. The molecular weight excluding hydrogens is 441 g/mol. The number of alkyl halides is 2. The lowest BCUT2D eigenvalue weighted by molar-refractivity contribution is -0.118. The van der Waals surface area contributed by atoms with Gasteiger partial charge in [-0.05, 0) is 6.42 Å². The summed E-state index contributed by atoms with van der Waals surface area (Å²) in [6.07, 6.45) is 0.0955. The van der Waals surface area contributed by atoms with Crippen LogP contribution in [0.4, 0.5) is 8.78 Å². The van der Waals surface area contributed by atoms with Crippen LogP contribution in [0.2, 0.25) is 0 Å². The maximum absolute atomic E-state index is 14.8. The summed E-state index contributed by atoms with van der Waals surface area (Å²) in [6, 6.07) is 0. The fourth-order valence-corrected chi connectivity index (χ4v) is 5.36. The van der Waals surface area contributed by atoms with Crippen molar-refractivity contribution in [3.8, 4) is 0 Å². The summed E-state index contributed by atoms with van der Waals surface area (Å²) in [7, 11) is -4.78. The summed E-state index contributed by atoms with van der Waals surface area (Å²) in [4.78, 5) is 23.8. The van der Waals surface area contributed by atoms with E-state index >= 15 is 0 Å².